The Morgan fingerprint density at radius 2 is 1.88 bits per heavy atom. The highest BCUT2D eigenvalue weighted by atomic mass is 79.9. The van der Waals surface area contributed by atoms with Crippen molar-refractivity contribution in [2.45, 2.75) is 6.92 Å². The summed E-state index contributed by atoms with van der Waals surface area (Å²) in [7, 11) is 1.57. The lowest BCUT2D eigenvalue weighted by molar-refractivity contribution is -0.384. The molecule has 0 saturated heterocycles. The first kappa shape index (κ1) is 19.4. The van der Waals surface area contributed by atoms with E-state index < -0.39 is 23.4 Å². The van der Waals surface area contributed by atoms with Crippen molar-refractivity contribution >= 4 is 44.9 Å². The summed E-state index contributed by atoms with van der Waals surface area (Å²) in [5.41, 5.74) is 1.54. The van der Waals surface area contributed by atoms with Crippen LogP contribution in [0.1, 0.15) is 15.9 Å². The quantitative estimate of drug-likeness (QED) is 0.419. The molecule has 26 heavy (non-hydrogen) atoms. The second-order valence-electron chi connectivity index (χ2n) is 5.32. The Morgan fingerprint density at radius 3 is 2.50 bits per heavy atom. The van der Waals surface area contributed by atoms with Gasteiger partial charge in [-0.15, -0.1) is 0 Å². The summed E-state index contributed by atoms with van der Waals surface area (Å²) in [5, 5.41) is 16.3. The van der Waals surface area contributed by atoms with Crippen LogP contribution in [0.2, 0.25) is 0 Å². The lowest BCUT2D eigenvalue weighted by Crippen LogP contribution is -2.21. The highest BCUT2D eigenvalue weighted by Gasteiger charge is 2.18. The predicted octanol–water partition coefficient (Wildman–Crippen LogP) is 3.50. The van der Waals surface area contributed by atoms with Crippen LogP contribution in [0.3, 0.4) is 0 Å². The third-order valence-corrected chi connectivity index (χ3v) is 3.99. The fourth-order valence-corrected chi connectivity index (χ4v) is 2.67. The van der Waals surface area contributed by atoms with Crippen LogP contribution in [-0.4, -0.2) is 30.5 Å². The van der Waals surface area contributed by atoms with Gasteiger partial charge in [0.15, 0.2) is 6.61 Å². The molecule has 9 heteroatoms. The van der Waals surface area contributed by atoms with Crippen LogP contribution < -0.4 is 10.6 Å². The van der Waals surface area contributed by atoms with Crippen molar-refractivity contribution in [2.24, 2.45) is 0 Å². The molecule has 0 aromatic heterocycles. The van der Waals surface area contributed by atoms with E-state index in [2.05, 4.69) is 26.6 Å². The number of non-ortho nitro benzene ring substituents is 1. The van der Waals surface area contributed by atoms with Gasteiger partial charge in [-0.25, -0.2) is 4.79 Å². The lowest BCUT2D eigenvalue weighted by atomic mass is 10.1. The summed E-state index contributed by atoms with van der Waals surface area (Å²) >= 11 is 3.33. The summed E-state index contributed by atoms with van der Waals surface area (Å²) in [6.07, 6.45) is 0. The van der Waals surface area contributed by atoms with Crippen molar-refractivity contribution < 1.29 is 19.2 Å². The summed E-state index contributed by atoms with van der Waals surface area (Å²) in [4.78, 5) is 34.4. The first-order valence-electron chi connectivity index (χ1n) is 7.51. The van der Waals surface area contributed by atoms with E-state index in [1.54, 1.807) is 19.2 Å². The maximum atomic E-state index is 12.2. The predicted molar refractivity (Wildman–Crippen MR) is 100 cm³/mol. The van der Waals surface area contributed by atoms with Crippen molar-refractivity contribution in [1.29, 1.82) is 0 Å². The number of carbonyl (C=O) groups excluding carboxylic acids is 2. The number of nitro groups is 1. The van der Waals surface area contributed by atoms with Crippen LogP contribution in [0.25, 0.3) is 0 Å². The van der Waals surface area contributed by atoms with Gasteiger partial charge in [0.2, 0.25) is 0 Å². The average molecular weight is 422 g/mol. The van der Waals surface area contributed by atoms with E-state index in [0.717, 1.165) is 16.1 Å². The molecule has 0 atom stereocenters. The molecule has 8 nitrogen and oxygen atoms in total. The first-order valence-corrected chi connectivity index (χ1v) is 8.30. The zero-order valence-corrected chi connectivity index (χ0v) is 15.6. The highest BCUT2D eigenvalue weighted by Crippen LogP contribution is 2.23. The number of aryl methyl sites for hydroxylation is 1. The number of nitro benzene ring substituents is 1. The third kappa shape index (κ3) is 4.79. The number of amides is 1. The zero-order chi connectivity index (χ0) is 19.3. The number of halogens is 1. The molecule has 2 aromatic rings. The van der Waals surface area contributed by atoms with Gasteiger partial charge in [-0.3, -0.25) is 14.9 Å². The maximum absolute atomic E-state index is 12.2. The SMILES string of the molecule is CNc1ccc([N+](=O)[O-])cc1C(=O)OCC(=O)Nc1ccc(Br)cc1C. The molecule has 2 N–H and O–H groups in total. The highest BCUT2D eigenvalue weighted by molar-refractivity contribution is 9.10. The number of benzene rings is 2. The molecule has 2 rings (SSSR count). The number of hydrogen-bond acceptors (Lipinski definition) is 6. The van der Waals surface area contributed by atoms with Gasteiger partial charge >= 0.3 is 5.97 Å². The van der Waals surface area contributed by atoms with Gasteiger partial charge in [-0.05, 0) is 36.8 Å². The van der Waals surface area contributed by atoms with Crippen molar-refractivity contribution in [3.05, 3.63) is 62.1 Å². The minimum Gasteiger partial charge on any atom is -0.452 e. The molecule has 0 saturated carbocycles. The number of ether oxygens (including phenoxy) is 1. The van der Waals surface area contributed by atoms with Gasteiger partial charge in [-0.2, -0.15) is 0 Å². The molecule has 0 aliphatic carbocycles. The maximum Gasteiger partial charge on any atom is 0.341 e. The second-order valence-corrected chi connectivity index (χ2v) is 6.24. The van der Waals surface area contributed by atoms with Crippen LogP contribution >= 0.6 is 15.9 Å². The van der Waals surface area contributed by atoms with E-state index >= 15 is 0 Å². The smallest absolute Gasteiger partial charge is 0.341 e. The van der Waals surface area contributed by atoms with E-state index in [-0.39, 0.29) is 11.3 Å². The molecule has 0 aliphatic heterocycles. The van der Waals surface area contributed by atoms with Gasteiger partial charge in [0.1, 0.15) is 0 Å². The standard InChI is InChI=1S/C17H16BrN3O5/c1-10-7-11(18)3-5-14(10)20-16(22)9-26-17(23)13-8-12(21(24)25)4-6-15(13)19-2/h3-8,19H,9H2,1-2H3,(H,20,22). The topological polar surface area (TPSA) is 111 Å². The Morgan fingerprint density at radius 1 is 1.19 bits per heavy atom. The zero-order valence-electron chi connectivity index (χ0n) is 14.0. The average Bonchev–Trinajstić information content (AvgIpc) is 2.61. The molecule has 0 heterocycles. The van der Waals surface area contributed by atoms with Gasteiger partial charge < -0.3 is 15.4 Å². The van der Waals surface area contributed by atoms with Gasteiger partial charge in [-0.1, -0.05) is 15.9 Å². The Balaban J connectivity index is 2.05. The third-order valence-electron chi connectivity index (χ3n) is 3.50. The molecule has 1 amide bonds. The molecule has 2 aromatic carbocycles. The Labute approximate surface area is 157 Å². The normalized spacial score (nSPS) is 10.1. The van der Waals surface area contributed by atoms with E-state index in [0.29, 0.717) is 11.4 Å². The molecular weight excluding hydrogens is 406 g/mol. The fourth-order valence-electron chi connectivity index (χ4n) is 2.20. The number of carbonyl (C=O) groups is 2. The molecule has 0 unspecified atom stereocenters. The second kappa shape index (κ2) is 8.43. The molecule has 0 bridgehead atoms. The summed E-state index contributed by atoms with van der Waals surface area (Å²) < 4.78 is 5.86. The largest absolute Gasteiger partial charge is 0.452 e. The number of nitrogens with zero attached hydrogens (tertiary/aromatic N) is 1. The van der Waals surface area contributed by atoms with Crippen LogP contribution in [0, 0.1) is 17.0 Å². The van der Waals surface area contributed by atoms with Crippen LogP contribution in [0.15, 0.2) is 40.9 Å². The molecule has 0 aliphatic rings. The first-order chi connectivity index (χ1) is 12.3. The number of esters is 1. The van der Waals surface area contributed by atoms with Crippen LogP contribution in [0.5, 0.6) is 0 Å². The number of rotatable bonds is 6. The monoisotopic (exact) mass is 421 g/mol. The van der Waals surface area contributed by atoms with Crippen molar-refractivity contribution in [3.8, 4) is 0 Å². The summed E-state index contributed by atoms with van der Waals surface area (Å²) in [5.74, 6) is -1.35. The van der Waals surface area contributed by atoms with Gasteiger partial charge in [0.25, 0.3) is 11.6 Å². The van der Waals surface area contributed by atoms with E-state index in [1.807, 2.05) is 13.0 Å². The van der Waals surface area contributed by atoms with E-state index in [9.17, 15) is 19.7 Å². The minimum atomic E-state index is -0.833. The Kier molecular flexibility index (Phi) is 6.29. The Bertz CT molecular complexity index is 869. The summed E-state index contributed by atoms with van der Waals surface area (Å²) in [6, 6.07) is 9.11. The molecule has 0 radical (unpaired) electrons. The molecule has 0 spiro atoms. The summed E-state index contributed by atoms with van der Waals surface area (Å²) in [6.45, 7) is 1.31. The number of anilines is 2. The molecule has 136 valence electrons. The van der Waals surface area contributed by atoms with Crippen molar-refractivity contribution in [1.82, 2.24) is 0 Å². The number of hydrogen-bond donors (Lipinski definition) is 2. The molecule has 0 fully saturated rings. The minimum absolute atomic E-state index is 0.0191. The van der Waals surface area contributed by atoms with Gasteiger partial charge in [0, 0.05) is 35.0 Å². The van der Waals surface area contributed by atoms with Crippen molar-refractivity contribution in [2.75, 3.05) is 24.3 Å². The number of nitrogens with one attached hydrogen (secondary N) is 2. The van der Waals surface area contributed by atoms with E-state index in [1.165, 1.54) is 12.1 Å². The van der Waals surface area contributed by atoms with Gasteiger partial charge in [0.05, 0.1) is 10.5 Å². The van der Waals surface area contributed by atoms with E-state index in [4.69, 9.17) is 4.74 Å². The fraction of sp³-hybridized carbons (Fsp3) is 0.176. The van der Waals surface area contributed by atoms with Crippen LogP contribution in [-0.2, 0) is 9.53 Å². The van der Waals surface area contributed by atoms with Crippen LogP contribution in [0.4, 0.5) is 17.1 Å². The van der Waals surface area contributed by atoms with Crippen molar-refractivity contribution in [3.63, 3.8) is 0 Å². The molecular formula is C17H16BrN3O5. The Hall–Kier alpha value is -2.94. The lowest BCUT2D eigenvalue weighted by Gasteiger charge is -2.11.